The molecule has 1 aromatic carbocycles. The standard InChI is InChI=1S/C23H27N5O2/c1-2-3-8-29-23-26-20-17(11-25-21(20)22(24)27-23)9-15-4-6-16(7-5-15)12-28-13-19-10-18(28)14-30-19/h4-7,10-11,18,25H,2-3,8-9,12-14H2,1H3,(H2,24,26,27)/t18-/m0/s1. The Bertz CT molecular complexity index is 1070. The van der Waals surface area contributed by atoms with Crippen molar-refractivity contribution >= 4 is 16.9 Å². The number of nitrogens with two attached hydrogens (primary N) is 1. The van der Waals surface area contributed by atoms with Gasteiger partial charge < -0.3 is 20.2 Å². The fourth-order valence-corrected chi connectivity index (χ4v) is 4.09. The quantitative estimate of drug-likeness (QED) is 0.558. The predicted octanol–water partition coefficient (Wildman–Crippen LogP) is 3.41. The summed E-state index contributed by atoms with van der Waals surface area (Å²) in [5.41, 5.74) is 11.4. The largest absolute Gasteiger partial charge is 0.495 e. The van der Waals surface area contributed by atoms with Gasteiger partial charge in [-0.3, -0.25) is 4.90 Å². The Labute approximate surface area is 175 Å². The Balaban J connectivity index is 1.29. The van der Waals surface area contributed by atoms with E-state index in [-0.39, 0.29) is 0 Å². The topological polar surface area (TPSA) is 89.3 Å². The van der Waals surface area contributed by atoms with Gasteiger partial charge in [-0.25, -0.2) is 0 Å². The van der Waals surface area contributed by atoms with E-state index in [1.807, 2.05) is 6.20 Å². The molecule has 4 heterocycles. The molecule has 7 nitrogen and oxygen atoms in total. The highest BCUT2D eigenvalue weighted by Crippen LogP contribution is 2.28. The first kappa shape index (κ1) is 18.9. The van der Waals surface area contributed by atoms with Crippen molar-refractivity contribution in [3.05, 3.63) is 59.0 Å². The molecular weight excluding hydrogens is 378 g/mol. The number of anilines is 1. The van der Waals surface area contributed by atoms with Gasteiger partial charge in [0.15, 0.2) is 5.82 Å². The molecule has 0 aliphatic carbocycles. The number of unbranched alkanes of at least 4 members (excludes halogenated alkanes) is 1. The Morgan fingerprint density at radius 3 is 2.80 bits per heavy atom. The van der Waals surface area contributed by atoms with E-state index in [0.29, 0.717) is 24.5 Å². The van der Waals surface area contributed by atoms with E-state index in [9.17, 15) is 0 Å². The maximum absolute atomic E-state index is 6.11. The average Bonchev–Trinajstić information content (AvgIpc) is 3.46. The molecule has 0 radical (unpaired) electrons. The molecule has 3 aromatic rings. The van der Waals surface area contributed by atoms with Crippen LogP contribution in [0.3, 0.4) is 0 Å². The molecule has 0 spiro atoms. The summed E-state index contributed by atoms with van der Waals surface area (Å²) in [4.78, 5) is 14.5. The van der Waals surface area contributed by atoms with Gasteiger partial charge in [0.2, 0.25) is 0 Å². The third-order valence-electron chi connectivity index (χ3n) is 5.79. The third kappa shape index (κ3) is 3.73. The van der Waals surface area contributed by atoms with Crippen molar-refractivity contribution < 1.29 is 9.47 Å². The molecule has 2 bridgehead atoms. The Morgan fingerprint density at radius 2 is 2.07 bits per heavy atom. The maximum atomic E-state index is 6.11. The Hall–Kier alpha value is -3.06. The first-order valence-corrected chi connectivity index (χ1v) is 10.6. The number of benzene rings is 1. The van der Waals surface area contributed by atoms with Crippen molar-refractivity contribution in [2.24, 2.45) is 0 Å². The fraction of sp³-hybridized carbons (Fsp3) is 0.391. The molecule has 2 aromatic heterocycles. The molecular formula is C23H27N5O2. The summed E-state index contributed by atoms with van der Waals surface area (Å²) in [5.74, 6) is 1.54. The van der Waals surface area contributed by atoms with Crippen molar-refractivity contribution in [2.75, 3.05) is 25.5 Å². The molecule has 156 valence electrons. The summed E-state index contributed by atoms with van der Waals surface area (Å²) in [6, 6.07) is 9.60. The van der Waals surface area contributed by atoms with Crippen LogP contribution >= 0.6 is 0 Å². The lowest BCUT2D eigenvalue weighted by molar-refractivity contribution is 0.0933. The first-order valence-electron chi connectivity index (χ1n) is 10.6. The number of aromatic amines is 1. The summed E-state index contributed by atoms with van der Waals surface area (Å²) in [6.45, 7) is 5.39. The van der Waals surface area contributed by atoms with Crippen LogP contribution in [0, 0.1) is 0 Å². The van der Waals surface area contributed by atoms with E-state index in [4.69, 9.17) is 15.2 Å². The molecule has 2 aliphatic heterocycles. The van der Waals surface area contributed by atoms with Crippen LogP contribution in [0.5, 0.6) is 6.01 Å². The molecule has 0 unspecified atom stereocenters. The minimum Gasteiger partial charge on any atom is -0.495 e. The smallest absolute Gasteiger partial charge is 0.319 e. The van der Waals surface area contributed by atoms with E-state index >= 15 is 0 Å². The number of nitrogens with one attached hydrogen (secondary N) is 1. The normalized spacial score (nSPS) is 18.0. The van der Waals surface area contributed by atoms with E-state index in [1.165, 1.54) is 11.1 Å². The van der Waals surface area contributed by atoms with Gasteiger partial charge in [-0.1, -0.05) is 37.6 Å². The number of ether oxygens (including phenoxy) is 2. The second-order valence-electron chi connectivity index (χ2n) is 8.04. The van der Waals surface area contributed by atoms with Gasteiger partial charge >= 0.3 is 6.01 Å². The van der Waals surface area contributed by atoms with Crippen LogP contribution in [-0.4, -0.2) is 45.7 Å². The monoisotopic (exact) mass is 405 g/mol. The summed E-state index contributed by atoms with van der Waals surface area (Å²) < 4.78 is 11.2. The zero-order chi connectivity index (χ0) is 20.5. The number of H-pyrrole nitrogens is 1. The van der Waals surface area contributed by atoms with Crippen LogP contribution in [0.15, 0.2) is 42.3 Å². The zero-order valence-corrected chi connectivity index (χ0v) is 17.2. The lowest BCUT2D eigenvalue weighted by atomic mass is 10.0. The second-order valence-corrected chi connectivity index (χ2v) is 8.04. The van der Waals surface area contributed by atoms with E-state index in [1.54, 1.807) is 0 Å². The van der Waals surface area contributed by atoms with Gasteiger partial charge in [0.05, 0.1) is 19.2 Å². The molecule has 0 saturated carbocycles. The molecule has 0 fully saturated rings. The lowest BCUT2D eigenvalue weighted by Crippen LogP contribution is -2.35. The Morgan fingerprint density at radius 1 is 1.23 bits per heavy atom. The predicted molar refractivity (Wildman–Crippen MR) is 116 cm³/mol. The fourth-order valence-electron chi connectivity index (χ4n) is 4.09. The van der Waals surface area contributed by atoms with Crippen LogP contribution in [0.4, 0.5) is 5.82 Å². The van der Waals surface area contributed by atoms with Crippen molar-refractivity contribution in [3.63, 3.8) is 0 Å². The molecule has 7 heteroatoms. The second kappa shape index (κ2) is 7.99. The number of nitrogens with zero attached hydrogens (tertiary/aromatic N) is 3. The van der Waals surface area contributed by atoms with Crippen LogP contribution in [0.1, 0.15) is 36.5 Å². The van der Waals surface area contributed by atoms with Gasteiger partial charge in [-0.2, -0.15) is 9.97 Å². The van der Waals surface area contributed by atoms with Gasteiger partial charge in [-0.15, -0.1) is 0 Å². The SMILES string of the molecule is CCCCOc1nc(N)c2[nH]cc(Cc3ccc(CN4CC5=C[C@H]4CO5)cc3)c2n1. The van der Waals surface area contributed by atoms with E-state index < -0.39 is 0 Å². The lowest BCUT2D eigenvalue weighted by Gasteiger charge is -2.27. The van der Waals surface area contributed by atoms with E-state index in [2.05, 4.69) is 57.1 Å². The van der Waals surface area contributed by atoms with Crippen molar-refractivity contribution in [1.29, 1.82) is 0 Å². The highest BCUT2D eigenvalue weighted by Gasteiger charge is 2.31. The summed E-state index contributed by atoms with van der Waals surface area (Å²) in [7, 11) is 0. The molecule has 2 aliphatic rings. The molecule has 0 amide bonds. The van der Waals surface area contributed by atoms with Gasteiger partial charge in [0, 0.05) is 24.7 Å². The summed E-state index contributed by atoms with van der Waals surface area (Å²) >= 11 is 0. The van der Waals surface area contributed by atoms with Crippen LogP contribution in [0.25, 0.3) is 11.0 Å². The number of morpholine rings is 1. The average molecular weight is 406 g/mol. The van der Waals surface area contributed by atoms with Crippen molar-refractivity contribution in [1.82, 2.24) is 19.9 Å². The minimum atomic E-state index is 0.350. The number of aromatic nitrogens is 3. The molecule has 3 N–H and O–H groups in total. The number of rotatable bonds is 8. The third-order valence-corrected chi connectivity index (χ3v) is 5.79. The van der Waals surface area contributed by atoms with Crippen LogP contribution in [0.2, 0.25) is 0 Å². The zero-order valence-electron chi connectivity index (χ0n) is 17.2. The Kier molecular flexibility index (Phi) is 5.04. The molecule has 0 saturated heterocycles. The number of fused-ring (bicyclic) bond motifs is 2. The summed E-state index contributed by atoms with van der Waals surface area (Å²) in [6.07, 6.45) is 7.01. The van der Waals surface area contributed by atoms with Crippen molar-refractivity contribution in [3.8, 4) is 6.01 Å². The highest BCUT2D eigenvalue weighted by atomic mass is 16.5. The maximum Gasteiger partial charge on any atom is 0.319 e. The van der Waals surface area contributed by atoms with Gasteiger partial charge in [-0.05, 0) is 23.6 Å². The van der Waals surface area contributed by atoms with Gasteiger partial charge in [0.25, 0.3) is 0 Å². The first-order chi connectivity index (χ1) is 14.7. The molecule has 1 atom stereocenters. The van der Waals surface area contributed by atoms with Crippen molar-refractivity contribution in [2.45, 2.75) is 38.8 Å². The van der Waals surface area contributed by atoms with E-state index in [0.717, 1.165) is 61.3 Å². The number of hydrogen-bond acceptors (Lipinski definition) is 6. The minimum absolute atomic E-state index is 0.350. The molecule has 5 rings (SSSR count). The van der Waals surface area contributed by atoms with Crippen LogP contribution < -0.4 is 10.5 Å². The number of nitrogen functional groups attached to an aromatic ring is 1. The van der Waals surface area contributed by atoms with Gasteiger partial charge in [0.1, 0.15) is 23.4 Å². The molecule has 30 heavy (non-hydrogen) atoms. The summed E-state index contributed by atoms with van der Waals surface area (Å²) in [5, 5.41) is 0. The van der Waals surface area contributed by atoms with Crippen LogP contribution in [-0.2, 0) is 17.7 Å². The highest BCUT2D eigenvalue weighted by molar-refractivity contribution is 5.87. The number of hydrogen-bond donors (Lipinski definition) is 2.